The third kappa shape index (κ3) is 3.09. The van der Waals surface area contributed by atoms with Gasteiger partial charge in [0, 0.05) is 13.1 Å². The van der Waals surface area contributed by atoms with Gasteiger partial charge in [0.2, 0.25) is 5.91 Å². The van der Waals surface area contributed by atoms with Crippen LogP contribution >= 0.6 is 0 Å². The number of aromatic nitrogens is 1. The molecule has 1 aliphatic heterocycles. The second-order valence-corrected chi connectivity index (χ2v) is 5.23. The van der Waals surface area contributed by atoms with Crippen molar-refractivity contribution in [1.82, 2.24) is 9.88 Å². The highest BCUT2D eigenvalue weighted by atomic mass is 16.5. The van der Waals surface area contributed by atoms with Crippen molar-refractivity contribution in [2.75, 3.05) is 26.3 Å². The topological polar surface area (TPSA) is 92.9 Å². The molecule has 0 spiro atoms. The summed E-state index contributed by atoms with van der Waals surface area (Å²) in [4.78, 5) is 28.4. The Balaban J connectivity index is 1.59. The highest BCUT2D eigenvalue weighted by molar-refractivity contribution is 5.78. The fourth-order valence-electron chi connectivity index (χ4n) is 2.57. The lowest BCUT2D eigenvalue weighted by Crippen LogP contribution is -2.32. The van der Waals surface area contributed by atoms with Crippen LogP contribution < -0.4 is 0 Å². The zero-order chi connectivity index (χ0) is 15.5. The molecule has 1 aromatic carbocycles. The van der Waals surface area contributed by atoms with Gasteiger partial charge in [-0.25, -0.2) is 9.78 Å². The molecule has 1 amide bonds. The molecule has 0 bridgehead atoms. The molecule has 1 aliphatic rings. The molecule has 22 heavy (non-hydrogen) atoms. The van der Waals surface area contributed by atoms with E-state index in [1.165, 1.54) is 0 Å². The van der Waals surface area contributed by atoms with Gasteiger partial charge in [0.25, 0.3) is 0 Å². The summed E-state index contributed by atoms with van der Waals surface area (Å²) >= 11 is 0. The second kappa shape index (κ2) is 6.15. The molecule has 2 aromatic rings. The lowest BCUT2D eigenvalue weighted by atomic mass is 10.1. The standard InChI is InChI=1S/C15H16N2O5/c18-13(8-21-9-14(19)20)17-6-5-10(7-17)15-16-11-3-1-2-4-12(11)22-15/h1-4,10H,5-9H2,(H,19,20)/t10-/m0/s1. The summed E-state index contributed by atoms with van der Waals surface area (Å²) in [6.45, 7) is 0.432. The van der Waals surface area contributed by atoms with Crippen LogP contribution in [-0.4, -0.2) is 53.2 Å². The maximum atomic E-state index is 11.9. The van der Waals surface area contributed by atoms with E-state index in [-0.39, 0.29) is 18.4 Å². The van der Waals surface area contributed by atoms with Crippen LogP contribution in [0, 0.1) is 0 Å². The summed E-state index contributed by atoms with van der Waals surface area (Å²) in [7, 11) is 0. The number of fused-ring (bicyclic) bond motifs is 1. The third-order valence-corrected chi connectivity index (χ3v) is 3.65. The SMILES string of the molecule is O=C(O)COCC(=O)N1CC[C@H](c2nc3ccccc3o2)C1. The van der Waals surface area contributed by atoms with Gasteiger partial charge in [-0.2, -0.15) is 0 Å². The molecule has 1 atom stereocenters. The summed E-state index contributed by atoms with van der Waals surface area (Å²) in [6.07, 6.45) is 0.775. The van der Waals surface area contributed by atoms with Crippen LogP contribution in [0.5, 0.6) is 0 Å². The van der Waals surface area contributed by atoms with Gasteiger partial charge in [0.15, 0.2) is 11.5 Å². The van der Waals surface area contributed by atoms with E-state index in [1.54, 1.807) is 4.90 Å². The molecule has 0 aliphatic carbocycles. The van der Waals surface area contributed by atoms with Crippen molar-refractivity contribution in [1.29, 1.82) is 0 Å². The molecule has 1 N–H and O–H groups in total. The molecule has 3 rings (SSSR count). The summed E-state index contributed by atoms with van der Waals surface area (Å²) < 4.78 is 10.6. The Morgan fingerprint density at radius 1 is 1.36 bits per heavy atom. The van der Waals surface area contributed by atoms with Gasteiger partial charge in [0.1, 0.15) is 18.7 Å². The highest BCUT2D eigenvalue weighted by Gasteiger charge is 2.30. The maximum Gasteiger partial charge on any atom is 0.329 e. The zero-order valence-corrected chi connectivity index (χ0v) is 11.9. The number of hydrogen-bond acceptors (Lipinski definition) is 5. The number of rotatable bonds is 5. The second-order valence-electron chi connectivity index (χ2n) is 5.23. The quantitative estimate of drug-likeness (QED) is 0.893. The monoisotopic (exact) mass is 304 g/mol. The van der Waals surface area contributed by atoms with Gasteiger partial charge in [-0.3, -0.25) is 4.79 Å². The van der Waals surface area contributed by atoms with Crippen molar-refractivity contribution in [2.24, 2.45) is 0 Å². The van der Waals surface area contributed by atoms with Gasteiger partial charge in [-0.05, 0) is 18.6 Å². The van der Waals surface area contributed by atoms with Crippen molar-refractivity contribution in [3.05, 3.63) is 30.2 Å². The van der Waals surface area contributed by atoms with Crippen molar-refractivity contribution >= 4 is 23.0 Å². The number of carboxylic acids is 1. The molecular formula is C15H16N2O5. The first-order valence-corrected chi connectivity index (χ1v) is 7.06. The van der Waals surface area contributed by atoms with E-state index in [0.717, 1.165) is 17.5 Å². The van der Waals surface area contributed by atoms with Crippen LogP contribution in [0.3, 0.4) is 0 Å². The summed E-state index contributed by atoms with van der Waals surface area (Å²) in [5.41, 5.74) is 1.55. The number of ether oxygens (including phenoxy) is 1. The molecule has 7 heteroatoms. The number of benzene rings is 1. The molecule has 0 unspecified atom stereocenters. The molecule has 116 valence electrons. The maximum absolute atomic E-state index is 11.9. The normalized spacial score (nSPS) is 18.0. The van der Waals surface area contributed by atoms with Crippen LogP contribution in [0.15, 0.2) is 28.7 Å². The van der Waals surface area contributed by atoms with E-state index >= 15 is 0 Å². The van der Waals surface area contributed by atoms with E-state index in [0.29, 0.717) is 19.0 Å². The number of likely N-dealkylation sites (tertiary alicyclic amines) is 1. The molecular weight excluding hydrogens is 288 g/mol. The van der Waals surface area contributed by atoms with Gasteiger partial charge < -0.3 is 19.2 Å². The Morgan fingerprint density at radius 2 is 2.18 bits per heavy atom. The lowest BCUT2D eigenvalue weighted by Gasteiger charge is -2.15. The van der Waals surface area contributed by atoms with Crippen LogP contribution in [0.25, 0.3) is 11.1 Å². The molecule has 2 heterocycles. The van der Waals surface area contributed by atoms with E-state index in [1.807, 2.05) is 24.3 Å². The van der Waals surface area contributed by atoms with Gasteiger partial charge in [0.05, 0.1) is 5.92 Å². The van der Waals surface area contributed by atoms with E-state index < -0.39 is 12.6 Å². The van der Waals surface area contributed by atoms with Crippen molar-refractivity contribution in [3.63, 3.8) is 0 Å². The number of amides is 1. The molecule has 1 aromatic heterocycles. The zero-order valence-electron chi connectivity index (χ0n) is 11.9. The van der Waals surface area contributed by atoms with E-state index in [2.05, 4.69) is 4.98 Å². The number of carbonyl (C=O) groups excluding carboxylic acids is 1. The fourth-order valence-corrected chi connectivity index (χ4v) is 2.57. The number of para-hydroxylation sites is 2. The van der Waals surface area contributed by atoms with Gasteiger partial charge in [-0.15, -0.1) is 0 Å². The molecule has 1 fully saturated rings. The number of carboxylic acid groups (broad SMARTS) is 1. The molecule has 0 radical (unpaired) electrons. The largest absolute Gasteiger partial charge is 0.480 e. The number of carbonyl (C=O) groups is 2. The smallest absolute Gasteiger partial charge is 0.329 e. The summed E-state index contributed by atoms with van der Waals surface area (Å²) in [5.74, 6) is -0.586. The number of hydrogen-bond donors (Lipinski definition) is 1. The summed E-state index contributed by atoms with van der Waals surface area (Å²) in [6, 6.07) is 7.55. The lowest BCUT2D eigenvalue weighted by molar-refractivity contribution is -0.145. The minimum atomic E-state index is -1.08. The average Bonchev–Trinajstić information content (AvgIpc) is 3.13. The Kier molecular flexibility index (Phi) is 4.06. The number of oxazole rings is 1. The predicted octanol–water partition coefficient (Wildman–Crippen LogP) is 1.24. The Hall–Kier alpha value is -2.41. The predicted molar refractivity (Wildman–Crippen MR) is 76.4 cm³/mol. The first kappa shape index (κ1) is 14.5. The van der Waals surface area contributed by atoms with Gasteiger partial charge >= 0.3 is 5.97 Å². The molecule has 0 saturated carbocycles. The van der Waals surface area contributed by atoms with Crippen LogP contribution in [0.4, 0.5) is 0 Å². The Bertz CT molecular complexity index is 663. The molecule has 1 saturated heterocycles. The molecule has 7 nitrogen and oxygen atoms in total. The Labute approximate surface area is 126 Å². The average molecular weight is 304 g/mol. The van der Waals surface area contributed by atoms with Crippen LogP contribution in [-0.2, 0) is 14.3 Å². The van der Waals surface area contributed by atoms with Crippen molar-refractivity contribution in [2.45, 2.75) is 12.3 Å². The van der Waals surface area contributed by atoms with E-state index in [4.69, 9.17) is 14.3 Å². The highest BCUT2D eigenvalue weighted by Crippen LogP contribution is 2.29. The summed E-state index contributed by atoms with van der Waals surface area (Å²) in [5, 5.41) is 8.48. The third-order valence-electron chi connectivity index (χ3n) is 3.65. The van der Waals surface area contributed by atoms with Crippen molar-refractivity contribution < 1.29 is 23.8 Å². The van der Waals surface area contributed by atoms with Crippen LogP contribution in [0.2, 0.25) is 0 Å². The first-order valence-electron chi connectivity index (χ1n) is 7.06. The fraction of sp³-hybridized carbons (Fsp3) is 0.400. The van der Waals surface area contributed by atoms with Gasteiger partial charge in [-0.1, -0.05) is 12.1 Å². The minimum absolute atomic E-state index is 0.0656. The van der Waals surface area contributed by atoms with E-state index in [9.17, 15) is 9.59 Å². The first-order chi connectivity index (χ1) is 10.6. The minimum Gasteiger partial charge on any atom is -0.480 e. The number of aliphatic carboxylic acids is 1. The van der Waals surface area contributed by atoms with Crippen LogP contribution in [0.1, 0.15) is 18.2 Å². The Morgan fingerprint density at radius 3 is 2.95 bits per heavy atom. The number of nitrogens with zero attached hydrogens (tertiary/aromatic N) is 2. The van der Waals surface area contributed by atoms with Crippen molar-refractivity contribution in [3.8, 4) is 0 Å².